The van der Waals surface area contributed by atoms with Crippen LogP contribution in [-0.2, 0) is 19.1 Å². The lowest BCUT2D eigenvalue weighted by Gasteiger charge is -2.65. The predicted octanol–water partition coefficient (Wildman–Crippen LogP) is 6.06. The number of hydrogen-bond acceptors (Lipinski definition) is 4. The summed E-state index contributed by atoms with van der Waals surface area (Å²) in [6.45, 7) is 8.75. The summed E-state index contributed by atoms with van der Waals surface area (Å²) in [5, 5.41) is 9.73. The second-order valence-electron chi connectivity index (χ2n) is 13.4. The fraction of sp³-hybridized carbons (Fsp3) is 0.828. The van der Waals surface area contributed by atoms with Gasteiger partial charge >= 0.3 is 18.4 Å². The van der Waals surface area contributed by atoms with Gasteiger partial charge in [0.2, 0.25) is 0 Å². The van der Waals surface area contributed by atoms with Crippen LogP contribution >= 0.6 is 0 Å². The maximum Gasteiger partial charge on any atom is 0.374 e. The zero-order valence-electron chi connectivity index (χ0n) is 21.9. The molecule has 0 amide bonds. The number of fused-ring (bicyclic) bond motifs is 7. The number of halogens is 2. The van der Waals surface area contributed by atoms with Gasteiger partial charge in [-0.05, 0) is 104 Å². The summed E-state index contributed by atoms with van der Waals surface area (Å²) in [6.07, 6.45) is 5.48. The van der Waals surface area contributed by atoms with Gasteiger partial charge in [0.1, 0.15) is 6.10 Å². The van der Waals surface area contributed by atoms with Crippen LogP contribution in [0.2, 0.25) is 0 Å². The zero-order valence-corrected chi connectivity index (χ0v) is 21.9. The van der Waals surface area contributed by atoms with Crippen molar-refractivity contribution in [1.29, 1.82) is 0 Å². The Labute approximate surface area is 212 Å². The summed E-state index contributed by atoms with van der Waals surface area (Å²) < 4.78 is 30.9. The highest BCUT2D eigenvalue weighted by molar-refractivity contribution is 5.95. The van der Waals surface area contributed by atoms with E-state index in [0.29, 0.717) is 25.7 Å². The third-order valence-corrected chi connectivity index (χ3v) is 11.8. The smallest absolute Gasteiger partial charge is 0.374 e. The highest BCUT2D eigenvalue weighted by atomic mass is 19.3. The number of alkyl halides is 2. The van der Waals surface area contributed by atoms with Gasteiger partial charge in [-0.2, -0.15) is 8.78 Å². The molecule has 0 aromatic rings. The minimum atomic E-state index is -3.12. The van der Waals surface area contributed by atoms with Crippen molar-refractivity contribution < 1.29 is 33.0 Å². The number of aliphatic carboxylic acids is 1. The van der Waals surface area contributed by atoms with Crippen molar-refractivity contribution in [2.24, 2.45) is 51.8 Å². The van der Waals surface area contributed by atoms with E-state index in [9.17, 15) is 28.3 Å². The molecule has 0 heterocycles. The summed E-state index contributed by atoms with van der Waals surface area (Å²) in [5.74, 6) is -2.06. The van der Waals surface area contributed by atoms with Crippen molar-refractivity contribution in [1.82, 2.24) is 0 Å². The van der Waals surface area contributed by atoms with Crippen LogP contribution in [0.15, 0.2) is 11.6 Å². The van der Waals surface area contributed by atoms with E-state index in [1.54, 1.807) is 0 Å². The molecule has 1 N–H and O–H groups in total. The molecular weight excluding hydrogens is 466 g/mol. The average molecular weight is 507 g/mol. The van der Waals surface area contributed by atoms with E-state index in [2.05, 4.69) is 20.8 Å². The maximum atomic E-state index is 14.0. The summed E-state index contributed by atoms with van der Waals surface area (Å²) in [5.41, 5.74) is 0.778. The van der Waals surface area contributed by atoms with Crippen LogP contribution < -0.4 is 0 Å². The number of carbonyl (C=O) groups is 3. The van der Waals surface area contributed by atoms with E-state index in [1.165, 1.54) is 5.57 Å². The Morgan fingerprint density at radius 2 is 1.67 bits per heavy atom. The van der Waals surface area contributed by atoms with E-state index < -0.39 is 24.5 Å². The number of carboxylic acid groups (broad SMARTS) is 1. The van der Waals surface area contributed by atoms with Gasteiger partial charge in [0.15, 0.2) is 5.78 Å². The van der Waals surface area contributed by atoms with Gasteiger partial charge in [-0.25, -0.2) is 4.79 Å². The van der Waals surface area contributed by atoms with Gasteiger partial charge in [-0.15, -0.1) is 0 Å². The molecule has 200 valence electrons. The molecular formula is C29H40F2O5. The van der Waals surface area contributed by atoms with E-state index in [-0.39, 0.29) is 57.5 Å². The largest absolute Gasteiger partial charge is 0.481 e. The molecule has 5 aliphatic carbocycles. The normalized spacial score (nSPS) is 48.1. The van der Waals surface area contributed by atoms with Crippen LogP contribution in [0.3, 0.4) is 0 Å². The maximum absolute atomic E-state index is 14.0. The standard InChI is InChI=1S/C29H40F2O5/c1-15-18-7-11-29(4)19-6-10-27(2)9-5-16(25(33)34)13-20(27)17(19)14-21(32)23(29)28(18,3)12-8-22(15)36-26(35)24(30)31/h14-16,18-20,22-24H,5-13H2,1-4H3,(H,33,34). The minimum Gasteiger partial charge on any atom is -0.481 e. The summed E-state index contributed by atoms with van der Waals surface area (Å²) in [7, 11) is 0. The number of carboxylic acids is 1. The van der Waals surface area contributed by atoms with Crippen LogP contribution in [0.1, 0.15) is 85.5 Å². The quantitative estimate of drug-likeness (QED) is 0.471. The molecule has 0 radical (unpaired) electrons. The Hall–Kier alpha value is -1.79. The van der Waals surface area contributed by atoms with Crippen molar-refractivity contribution in [2.75, 3.05) is 0 Å². The molecule has 5 rings (SSSR count). The summed E-state index contributed by atoms with van der Waals surface area (Å²) >= 11 is 0. The first kappa shape index (κ1) is 25.8. The van der Waals surface area contributed by atoms with Crippen molar-refractivity contribution in [3.63, 3.8) is 0 Å². The van der Waals surface area contributed by atoms with Crippen LogP contribution in [0.25, 0.3) is 0 Å². The Kier molecular flexibility index (Phi) is 6.19. The van der Waals surface area contributed by atoms with Crippen LogP contribution in [0.4, 0.5) is 8.78 Å². The lowest BCUT2D eigenvalue weighted by atomic mass is 9.38. The van der Waals surface area contributed by atoms with E-state index in [1.807, 2.05) is 13.0 Å². The first-order chi connectivity index (χ1) is 16.8. The van der Waals surface area contributed by atoms with E-state index in [0.717, 1.165) is 32.1 Å². The monoisotopic (exact) mass is 506 g/mol. The molecule has 0 spiro atoms. The first-order valence-electron chi connectivity index (χ1n) is 13.8. The number of carbonyl (C=O) groups excluding carboxylic acids is 2. The average Bonchev–Trinajstić information content (AvgIpc) is 2.79. The van der Waals surface area contributed by atoms with Crippen LogP contribution in [0.5, 0.6) is 0 Å². The second-order valence-corrected chi connectivity index (χ2v) is 13.4. The summed E-state index contributed by atoms with van der Waals surface area (Å²) in [4.78, 5) is 37.5. The lowest BCUT2D eigenvalue weighted by Crippen LogP contribution is -2.62. The fourth-order valence-electron chi connectivity index (χ4n) is 9.94. The Bertz CT molecular complexity index is 992. The molecule has 10 unspecified atom stereocenters. The molecule has 5 nitrogen and oxygen atoms in total. The third kappa shape index (κ3) is 3.69. The van der Waals surface area contributed by atoms with Gasteiger partial charge in [-0.3, -0.25) is 9.59 Å². The molecule has 0 aliphatic heterocycles. The number of ether oxygens (including phenoxy) is 1. The van der Waals surface area contributed by atoms with Gasteiger partial charge in [-0.1, -0.05) is 33.3 Å². The number of esters is 1. The molecule has 0 aromatic carbocycles. The van der Waals surface area contributed by atoms with E-state index >= 15 is 0 Å². The number of ketones is 1. The molecule has 4 fully saturated rings. The van der Waals surface area contributed by atoms with Gasteiger partial charge in [0.25, 0.3) is 0 Å². The zero-order chi connectivity index (χ0) is 26.2. The van der Waals surface area contributed by atoms with Gasteiger partial charge < -0.3 is 9.84 Å². The lowest BCUT2D eigenvalue weighted by molar-refractivity contribution is -0.188. The molecule has 0 bridgehead atoms. The van der Waals surface area contributed by atoms with Gasteiger partial charge in [0, 0.05) is 5.92 Å². The third-order valence-electron chi connectivity index (χ3n) is 11.8. The van der Waals surface area contributed by atoms with Crippen LogP contribution in [0, 0.1) is 51.8 Å². The highest BCUT2D eigenvalue weighted by Crippen LogP contribution is 2.69. The molecule has 10 atom stereocenters. The second kappa shape index (κ2) is 8.62. The van der Waals surface area contributed by atoms with E-state index in [4.69, 9.17) is 4.74 Å². The van der Waals surface area contributed by atoms with Crippen molar-refractivity contribution >= 4 is 17.7 Å². The molecule has 7 heteroatoms. The number of rotatable bonds is 3. The Morgan fingerprint density at radius 3 is 2.33 bits per heavy atom. The number of allylic oxidation sites excluding steroid dienone is 2. The Balaban J connectivity index is 1.46. The van der Waals surface area contributed by atoms with Crippen molar-refractivity contribution in [3.05, 3.63) is 11.6 Å². The van der Waals surface area contributed by atoms with Gasteiger partial charge in [0.05, 0.1) is 5.92 Å². The molecule has 0 aromatic heterocycles. The predicted molar refractivity (Wildman–Crippen MR) is 129 cm³/mol. The van der Waals surface area contributed by atoms with Crippen LogP contribution in [-0.4, -0.2) is 35.4 Å². The first-order valence-corrected chi connectivity index (χ1v) is 13.8. The molecule has 4 saturated carbocycles. The molecule has 0 saturated heterocycles. The fourth-order valence-corrected chi connectivity index (χ4v) is 9.94. The summed E-state index contributed by atoms with van der Waals surface area (Å²) in [6, 6.07) is 0. The van der Waals surface area contributed by atoms with Crippen molar-refractivity contribution in [2.45, 2.75) is 98.0 Å². The SMILES string of the molecule is CC1C(OC(=O)C(F)F)CCC2(C)C1CCC1(C)C3CCC4(C)CCC(C(=O)O)CC4C3=CC(=O)C12. The Morgan fingerprint density at radius 1 is 1.00 bits per heavy atom. The highest BCUT2D eigenvalue weighted by Gasteiger charge is 2.65. The molecule has 5 aliphatic rings. The molecule has 36 heavy (non-hydrogen) atoms. The van der Waals surface area contributed by atoms with Crippen molar-refractivity contribution in [3.8, 4) is 0 Å². The topological polar surface area (TPSA) is 80.7 Å². The number of hydrogen-bond donors (Lipinski definition) is 1. The minimum absolute atomic E-state index is 0.0556.